The van der Waals surface area contributed by atoms with Gasteiger partial charge in [-0.1, -0.05) is 140 Å². The molecule has 1 nitrogen and oxygen atoms in total. The lowest BCUT2D eigenvalue weighted by atomic mass is 9.92. The van der Waals surface area contributed by atoms with Crippen LogP contribution in [0.15, 0.2) is 164 Å². The average molecular weight is 546 g/mol. The van der Waals surface area contributed by atoms with E-state index < -0.39 is 0 Å². The summed E-state index contributed by atoms with van der Waals surface area (Å²) < 4.78 is 2.44. The highest BCUT2D eigenvalue weighted by molar-refractivity contribution is 6.30. The van der Waals surface area contributed by atoms with Gasteiger partial charge >= 0.3 is 0 Å². The van der Waals surface area contributed by atoms with E-state index in [0.717, 1.165) is 0 Å². The van der Waals surface area contributed by atoms with Gasteiger partial charge in [-0.2, -0.15) is 0 Å². The van der Waals surface area contributed by atoms with E-state index in [9.17, 15) is 0 Å². The normalized spacial score (nSPS) is 11.7. The molecule has 0 saturated heterocycles. The van der Waals surface area contributed by atoms with Crippen LogP contribution in [-0.2, 0) is 0 Å². The molecule has 0 N–H and O–H groups in total. The minimum atomic E-state index is 1.17. The minimum absolute atomic E-state index is 1.17. The quantitative estimate of drug-likeness (QED) is 0.208. The fraction of sp³-hybridized carbons (Fsp3) is 0. The van der Waals surface area contributed by atoms with Crippen molar-refractivity contribution in [3.63, 3.8) is 0 Å². The highest BCUT2D eigenvalue weighted by Gasteiger charge is 2.19. The monoisotopic (exact) mass is 545 g/mol. The molecule has 1 heterocycles. The van der Waals surface area contributed by atoms with E-state index in [1.54, 1.807) is 0 Å². The Kier molecular flexibility index (Phi) is 5.27. The lowest BCUT2D eigenvalue weighted by Crippen LogP contribution is -1.94. The summed E-state index contributed by atoms with van der Waals surface area (Å²) in [7, 11) is 0. The first-order valence-corrected chi connectivity index (χ1v) is 14.9. The minimum Gasteiger partial charge on any atom is -0.309 e. The van der Waals surface area contributed by atoms with Gasteiger partial charge in [0.25, 0.3) is 0 Å². The maximum absolute atomic E-state index is 2.44. The number of fused-ring (bicyclic) bond motifs is 8. The Morgan fingerprint density at radius 2 is 0.884 bits per heavy atom. The molecule has 0 atom stereocenters. The molecule has 0 aliphatic carbocycles. The third kappa shape index (κ3) is 3.65. The van der Waals surface area contributed by atoms with Crippen molar-refractivity contribution in [1.29, 1.82) is 0 Å². The molecule has 0 aliphatic rings. The average Bonchev–Trinajstić information content (AvgIpc) is 3.43. The van der Waals surface area contributed by atoms with Gasteiger partial charge in [0.2, 0.25) is 0 Å². The third-order valence-corrected chi connectivity index (χ3v) is 8.97. The van der Waals surface area contributed by atoms with Gasteiger partial charge in [0.05, 0.1) is 11.0 Å². The zero-order valence-corrected chi connectivity index (χ0v) is 23.5. The van der Waals surface area contributed by atoms with Gasteiger partial charge in [-0.25, -0.2) is 0 Å². The standard InChI is InChI=1S/C42H27N/c1-2-14-32(15-3-1)43-39-26-25-29-12-5-7-17-35(29)41(39)42-37-19-9-8-18-36(37)38(27-40(42)43)31-23-21-30(22-24-31)34-20-10-13-28-11-4-6-16-33(28)34/h1-27H. The van der Waals surface area contributed by atoms with Crippen LogP contribution in [0.25, 0.3) is 82.1 Å². The Hall–Kier alpha value is -5.66. The van der Waals surface area contributed by atoms with E-state index in [2.05, 4.69) is 168 Å². The Morgan fingerprint density at radius 3 is 1.65 bits per heavy atom. The van der Waals surface area contributed by atoms with E-state index in [1.807, 2.05) is 0 Å². The van der Waals surface area contributed by atoms with Crippen molar-refractivity contribution >= 4 is 54.1 Å². The van der Waals surface area contributed by atoms with Crippen molar-refractivity contribution in [3.05, 3.63) is 164 Å². The highest BCUT2D eigenvalue weighted by Crippen LogP contribution is 2.44. The van der Waals surface area contributed by atoms with Crippen LogP contribution in [-0.4, -0.2) is 4.57 Å². The molecule has 0 unspecified atom stereocenters. The second kappa shape index (κ2) is 9.44. The van der Waals surface area contributed by atoms with Gasteiger partial charge < -0.3 is 4.57 Å². The Morgan fingerprint density at radius 1 is 0.326 bits per heavy atom. The topological polar surface area (TPSA) is 4.93 Å². The van der Waals surface area contributed by atoms with Crippen molar-refractivity contribution in [3.8, 4) is 27.9 Å². The molecule has 0 bridgehead atoms. The van der Waals surface area contributed by atoms with E-state index in [1.165, 1.54) is 82.1 Å². The molecule has 1 aromatic heterocycles. The van der Waals surface area contributed by atoms with Crippen molar-refractivity contribution in [2.75, 3.05) is 0 Å². The summed E-state index contributed by atoms with van der Waals surface area (Å²) in [6.45, 7) is 0. The van der Waals surface area contributed by atoms with Crippen molar-refractivity contribution < 1.29 is 0 Å². The van der Waals surface area contributed by atoms with Crippen LogP contribution in [0.1, 0.15) is 0 Å². The maximum atomic E-state index is 2.44. The fourth-order valence-corrected chi connectivity index (χ4v) is 7.04. The Labute approximate surface area is 249 Å². The number of benzene rings is 8. The molecule has 0 saturated carbocycles. The van der Waals surface area contributed by atoms with Crippen molar-refractivity contribution in [2.24, 2.45) is 0 Å². The number of para-hydroxylation sites is 1. The number of hydrogen-bond acceptors (Lipinski definition) is 0. The van der Waals surface area contributed by atoms with Gasteiger partial charge in [0.1, 0.15) is 0 Å². The first-order chi connectivity index (χ1) is 21.3. The third-order valence-electron chi connectivity index (χ3n) is 8.97. The molecule has 200 valence electrons. The van der Waals surface area contributed by atoms with Gasteiger partial charge in [0.15, 0.2) is 0 Å². The molecular weight excluding hydrogens is 518 g/mol. The van der Waals surface area contributed by atoms with Crippen LogP contribution in [0.4, 0.5) is 0 Å². The largest absolute Gasteiger partial charge is 0.309 e. The summed E-state index contributed by atoms with van der Waals surface area (Å²) in [6, 6.07) is 59.7. The molecule has 0 amide bonds. The molecule has 9 aromatic rings. The molecule has 1 heteroatoms. The number of rotatable bonds is 3. The molecule has 0 aliphatic heterocycles. The lowest BCUT2D eigenvalue weighted by molar-refractivity contribution is 1.18. The molecule has 43 heavy (non-hydrogen) atoms. The summed E-state index contributed by atoms with van der Waals surface area (Å²) in [5, 5.41) is 10.3. The van der Waals surface area contributed by atoms with Crippen molar-refractivity contribution in [2.45, 2.75) is 0 Å². The molecule has 8 aromatic carbocycles. The number of aromatic nitrogens is 1. The Bertz CT molecular complexity index is 2480. The number of hydrogen-bond donors (Lipinski definition) is 0. The van der Waals surface area contributed by atoms with Crippen LogP contribution in [0.2, 0.25) is 0 Å². The second-order valence-corrected chi connectivity index (χ2v) is 11.3. The van der Waals surface area contributed by atoms with E-state index >= 15 is 0 Å². The molecular formula is C42H27N. The van der Waals surface area contributed by atoms with E-state index in [0.29, 0.717) is 0 Å². The summed E-state index contributed by atoms with van der Waals surface area (Å²) in [5.41, 5.74) is 8.59. The fourth-order valence-electron chi connectivity index (χ4n) is 7.04. The number of nitrogens with zero attached hydrogens (tertiary/aromatic N) is 1. The summed E-state index contributed by atoms with van der Waals surface area (Å²) >= 11 is 0. The van der Waals surface area contributed by atoms with E-state index in [4.69, 9.17) is 0 Å². The van der Waals surface area contributed by atoms with Crippen LogP contribution >= 0.6 is 0 Å². The van der Waals surface area contributed by atoms with Gasteiger partial charge in [-0.15, -0.1) is 0 Å². The zero-order chi connectivity index (χ0) is 28.3. The summed E-state index contributed by atoms with van der Waals surface area (Å²) in [6.07, 6.45) is 0. The predicted molar refractivity (Wildman–Crippen MR) is 184 cm³/mol. The van der Waals surface area contributed by atoms with Gasteiger partial charge in [0, 0.05) is 16.5 Å². The molecule has 0 fully saturated rings. The highest BCUT2D eigenvalue weighted by atomic mass is 15.0. The molecule has 9 rings (SSSR count). The van der Waals surface area contributed by atoms with Crippen LogP contribution in [0.3, 0.4) is 0 Å². The van der Waals surface area contributed by atoms with Crippen LogP contribution < -0.4 is 0 Å². The van der Waals surface area contributed by atoms with Crippen LogP contribution in [0.5, 0.6) is 0 Å². The molecule has 0 spiro atoms. The molecule has 0 radical (unpaired) electrons. The predicted octanol–water partition coefficient (Wildman–Crippen LogP) is 11.6. The lowest BCUT2D eigenvalue weighted by Gasteiger charge is -2.13. The maximum Gasteiger partial charge on any atom is 0.0553 e. The smallest absolute Gasteiger partial charge is 0.0553 e. The first kappa shape index (κ1) is 24.0. The zero-order valence-electron chi connectivity index (χ0n) is 23.5. The Balaban J connectivity index is 1.35. The van der Waals surface area contributed by atoms with Gasteiger partial charge in [-0.05, 0) is 78.8 Å². The SMILES string of the molecule is c1ccc(-n2c3ccc4ccccc4c3c3c4ccccc4c(-c4ccc(-c5cccc6ccccc56)cc4)cc32)cc1. The second-order valence-electron chi connectivity index (χ2n) is 11.3. The first-order valence-electron chi connectivity index (χ1n) is 14.9. The van der Waals surface area contributed by atoms with Gasteiger partial charge in [-0.3, -0.25) is 0 Å². The van der Waals surface area contributed by atoms with Crippen molar-refractivity contribution in [1.82, 2.24) is 4.57 Å². The van der Waals surface area contributed by atoms with Crippen LogP contribution in [0, 0.1) is 0 Å². The van der Waals surface area contributed by atoms with E-state index in [-0.39, 0.29) is 0 Å². The summed E-state index contributed by atoms with van der Waals surface area (Å²) in [4.78, 5) is 0. The summed E-state index contributed by atoms with van der Waals surface area (Å²) in [5.74, 6) is 0.